The van der Waals surface area contributed by atoms with E-state index in [0.29, 0.717) is 0 Å². The zero-order valence-corrected chi connectivity index (χ0v) is 11.0. The molecule has 0 spiro atoms. The van der Waals surface area contributed by atoms with Crippen molar-refractivity contribution < 1.29 is 0 Å². The summed E-state index contributed by atoms with van der Waals surface area (Å²) in [5, 5.41) is 4.45. The topological polar surface area (TPSA) is 43.1 Å². The van der Waals surface area contributed by atoms with E-state index in [1.165, 1.54) is 24.0 Å². The number of allylic oxidation sites excluding steroid dienone is 2. The van der Waals surface area contributed by atoms with E-state index in [2.05, 4.69) is 21.1 Å². The molecule has 0 radical (unpaired) electrons. The molecular formula is C16H14N4. The first-order valence-electron chi connectivity index (χ1n) is 6.85. The van der Waals surface area contributed by atoms with E-state index in [9.17, 15) is 0 Å². The van der Waals surface area contributed by atoms with Gasteiger partial charge in [0.2, 0.25) is 0 Å². The van der Waals surface area contributed by atoms with Crippen molar-refractivity contribution in [3.63, 3.8) is 0 Å². The van der Waals surface area contributed by atoms with Gasteiger partial charge in [0.25, 0.3) is 0 Å². The van der Waals surface area contributed by atoms with E-state index in [1.54, 1.807) is 12.4 Å². The van der Waals surface area contributed by atoms with Crippen LogP contribution >= 0.6 is 0 Å². The number of aromatic nitrogens is 4. The fraction of sp³-hybridized carbons (Fsp3) is 0.188. The Kier molecular flexibility index (Phi) is 2.59. The molecule has 0 atom stereocenters. The average molecular weight is 262 g/mol. The lowest BCUT2D eigenvalue weighted by Gasteiger charge is -2.03. The molecular weight excluding hydrogens is 248 g/mol. The third-order valence-electron chi connectivity index (χ3n) is 3.76. The summed E-state index contributed by atoms with van der Waals surface area (Å²) in [4.78, 5) is 8.64. The van der Waals surface area contributed by atoms with Gasteiger partial charge in [-0.1, -0.05) is 6.08 Å². The van der Waals surface area contributed by atoms with Gasteiger partial charge in [0.05, 0.1) is 6.20 Å². The Hall–Kier alpha value is -2.49. The molecule has 0 saturated carbocycles. The lowest BCUT2D eigenvalue weighted by Crippen LogP contribution is -1.92. The molecule has 3 aromatic rings. The SMILES string of the molecule is C1=C(c2cnn3cc(-c4ccncc4)cnc23)CCC1. The number of pyridine rings is 1. The first-order chi connectivity index (χ1) is 9.92. The second-order valence-corrected chi connectivity index (χ2v) is 5.03. The van der Waals surface area contributed by atoms with Crippen molar-refractivity contribution in [3.8, 4) is 11.1 Å². The number of hydrogen-bond acceptors (Lipinski definition) is 3. The molecule has 1 aliphatic carbocycles. The smallest absolute Gasteiger partial charge is 0.162 e. The minimum Gasteiger partial charge on any atom is -0.265 e. The molecule has 4 heteroatoms. The maximum Gasteiger partial charge on any atom is 0.162 e. The first kappa shape index (κ1) is 11.3. The molecule has 0 bridgehead atoms. The van der Waals surface area contributed by atoms with Crippen molar-refractivity contribution in [2.45, 2.75) is 19.3 Å². The van der Waals surface area contributed by atoms with Crippen molar-refractivity contribution in [2.75, 3.05) is 0 Å². The molecule has 3 heterocycles. The molecule has 20 heavy (non-hydrogen) atoms. The highest BCUT2D eigenvalue weighted by molar-refractivity contribution is 5.77. The number of rotatable bonds is 2. The van der Waals surface area contributed by atoms with E-state index in [4.69, 9.17) is 0 Å². The highest BCUT2D eigenvalue weighted by atomic mass is 15.2. The van der Waals surface area contributed by atoms with Gasteiger partial charge in [-0.2, -0.15) is 5.10 Å². The van der Waals surface area contributed by atoms with Gasteiger partial charge in [-0.15, -0.1) is 0 Å². The van der Waals surface area contributed by atoms with Gasteiger partial charge >= 0.3 is 0 Å². The highest BCUT2D eigenvalue weighted by Gasteiger charge is 2.13. The number of fused-ring (bicyclic) bond motifs is 1. The minimum absolute atomic E-state index is 0.941. The van der Waals surface area contributed by atoms with Crippen LogP contribution in [0.2, 0.25) is 0 Å². The summed E-state index contributed by atoms with van der Waals surface area (Å²) in [6.07, 6.45) is 15.3. The van der Waals surface area contributed by atoms with Gasteiger partial charge in [0, 0.05) is 35.9 Å². The van der Waals surface area contributed by atoms with Crippen molar-refractivity contribution in [3.05, 3.63) is 54.8 Å². The van der Waals surface area contributed by atoms with Crippen LogP contribution < -0.4 is 0 Å². The van der Waals surface area contributed by atoms with Gasteiger partial charge in [0.1, 0.15) is 0 Å². The van der Waals surface area contributed by atoms with Crippen LogP contribution in [0.25, 0.3) is 22.3 Å². The van der Waals surface area contributed by atoms with Crippen LogP contribution in [-0.2, 0) is 0 Å². The lowest BCUT2D eigenvalue weighted by atomic mass is 10.1. The van der Waals surface area contributed by atoms with Gasteiger partial charge < -0.3 is 0 Å². The van der Waals surface area contributed by atoms with Gasteiger partial charge in [0.15, 0.2) is 5.65 Å². The van der Waals surface area contributed by atoms with E-state index < -0.39 is 0 Å². The molecule has 0 saturated heterocycles. The monoisotopic (exact) mass is 262 g/mol. The number of hydrogen-bond donors (Lipinski definition) is 0. The Morgan fingerprint density at radius 3 is 2.75 bits per heavy atom. The maximum atomic E-state index is 4.60. The molecule has 3 aromatic heterocycles. The fourth-order valence-electron chi connectivity index (χ4n) is 2.71. The molecule has 4 rings (SSSR count). The van der Waals surface area contributed by atoms with E-state index in [0.717, 1.165) is 23.2 Å². The summed E-state index contributed by atoms with van der Waals surface area (Å²) >= 11 is 0. The Morgan fingerprint density at radius 2 is 1.95 bits per heavy atom. The normalized spacial score (nSPS) is 14.7. The van der Waals surface area contributed by atoms with Gasteiger partial charge in [-0.25, -0.2) is 9.50 Å². The molecule has 0 aliphatic heterocycles. The molecule has 0 fully saturated rings. The van der Waals surface area contributed by atoms with Crippen molar-refractivity contribution in [1.82, 2.24) is 19.6 Å². The summed E-state index contributed by atoms with van der Waals surface area (Å²) < 4.78 is 1.87. The van der Waals surface area contributed by atoms with Crippen LogP contribution in [0.5, 0.6) is 0 Å². The maximum absolute atomic E-state index is 4.60. The summed E-state index contributed by atoms with van der Waals surface area (Å²) in [6, 6.07) is 3.96. The standard InChI is InChI=1S/C16H14N4/c1-2-4-13(3-1)15-10-19-20-11-14(9-18-16(15)20)12-5-7-17-8-6-12/h3,5-11H,1-2,4H2. The third-order valence-corrected chi connectivity index (χ3v) is 3.76. The molecule has 0 unspecified atom stereocenters. The van der Waals surface area contributed by atoms with Crippen LogP contribution in [0.1, 0.15) is 24.8 Å². The van der Waals surface area contributed by atoms with Gasteiger partial charge in [-0.05, 0) is 42.5 Å². The zero-order valence-electron chi connectivity index (χ0n) is 11.0. The van der Waals surface area contributed by atoms with Crippen LogP contribution in [0.15, 0.2) is 49.2 Å². The predicted molar refractivity (Wildman–Crippen MR) is 78.0 cm³/mol. The third kappa shape index (κ3) is 1.81. The average Bonchev–Trinajstić information content (AvgIpc) is 3.16. The zero-order chi connectivity index (χ0) is 13.4. The Morgan fingerprint density at radius 1 is 1.05 bits per heavy atom. The van der Waals surface area contributed by atoms with Crippen LogP contribution in [0, 0.1) is 0 Å². The van der Waals surface area contributed by atoms with Crippen molar-refractivity contribution >= 4 is 11.2 Å². The minimum atomic E-state index is 0.941. The van der Waals surface area contributed by atoms with E-state index in [-0.39, 0.29) is 0 Å². The lowest BCUT2D eigenvalue weighted by molar-refractivity contribution is 0.935. The van der Waals surface area contributed by atoms with Crippen molar-refractivity contribution in [2.24, 2.45) is 0 Å². The summed E-state index contributed by atoms with van der Waals surface area (Å²) in [5.41, 5.74) is 5.64. The largest absolute Gasteiger partial charge is 0.265 e. The Balaban J connectivity index is 1.82. The summed E-state index contributed by atoms with van der Waals surface area (Å²) in [7, 11) is 0. The molecule has 0 N–H and O–H groups in total. The molecule has 0 amide bonds. The second-order valence-electron chi connectivity index (χ2n) is 5.03. The summed E-state index contributed by atoms with van der Waals surface area (Å²) in [6.45, 7) is 0. The van der Waals surface area contributed by atoms with Gasteiger partial charge in [-0.3, -0.25) is 4.98 Å². The molecule has 0 aromatic carbocycles. The Labute approximate surface area is 116 Å². The predicted octanol–water partition coefficient (Wildman–Crippen LogP) is 3.36. The quantitative estimate of drug-likeness (QED) is 0.711. The van der Waals surface area contributed by atoms with Crippen LogP contribution in [0.4, 0.5) is 0 Å². The molecule has 4 nitrogen and oxygen atoms in total. The number of nitrogens with zero attached hydrogens (tertiary/aromatic N) is 4. The highest BCUT2D eigenvalue weighted by Crippen LogP contribution is 2.30. The van der Waals surface area contributed by atoms with Crippen LogP contribution in [-0.4, -0.2) is 19.6 Å². The fourth-order valence-corrected chi connectivity index (χ4v) is 2.71. The summed E-state index contributed by atoms with van der Waals surface area (Å²) in [5.74, 6) is 0. The van der Waals surface area contributed by atoms with E-state index >= 15 is 0 Å². The first-order valence-corrected chi connectivity index (χ1v) is 6.85. The van der Waals surface area contributed by atoms with E-state index in [1.807, 2.05) is 35.2 Å². The molecule has 1 aliphatic rings. The van der Waals surface area contributed by atoms with Crippen LogP contribution in [0.3, 0.4) is 0 Å². The Bertz CT molecular complexity index is 787. The van der Waals surface area contributed by atoms with Crippen molar-refractivity contribution in [1.29, 1.82) is 0 Å². The second kappa shape index (κ2) is 4.56. The molecule has 98 valence electrons.